The Hall–Kier alpha value is -3.64. The smallest absolute Gasteiger partial charge is 0.254 e. The highest BCUT2D eigenvalue weighted by Gasteiger charge is 2.30. The van der Waals surface area contributed by atoms with Gasteiger partial charge in [-0.3, -0.25) is 4.79 Å². The standard InChI is InChI=1S/C28H25ClFN3O2/c1-19-26(18-32(17-20-7-8-20)27(34)21-9-13-23(30)14-10-21)28(35-25-15-11-22(29)12-16-25)33(31-19)24-5-3-2-4-6-24/h2-6,9-16,20H,7-8,17-18H2,1H3. The van der Waals surface area contributed by atoms with Gasteiger partial charge in [0.15, 0.2) is 0 Å². The molecule has 35 heavy (non-hydrogen) atoms. The van der Waals surface area contributed by atoms with Gasteiger partial charge in [0.2, 0.25) is 5.88 Å². The summed E-state index contributed by atoms with van der Waals surface area (Å²) >= 11 is 6.06. The van der Waals surface area contributed by atoms with E-state index in [9.17, 15) is 9.18 Å². The van der Waals surface area contributed by atoms with E-state index >= 15 is 0 Å². The molecular formula is C28H25ClFN3O2. The van der Waals surface area contributed by atoms with Gasteiger partial charge >= 0.3 is 0 Å². The van der Waals surface area contributed by atoms with Gasteiger partial charge in [-0.05, 0) is 86.3 Å². The first-order valence-electron chi connectivity index (χ1n) is 11.6. The maximum atomic E-state index is 13.5. The number of hydrogen-bond donors (Lipinski definition) is 0. The van der Waals surface area contributed by atoms with Crippen LogP contribution in [0.2, 0.25) is 5.02 Å². The van der Waals surface area contributed by atoms with Crippen molar-refractivity contribution in [2.45, 2.75) is 26.3 Å². The van der Waals surface area contributed by atoms with Crippen LogP contribution in [-0.4, -0.2) is 27.1 Å². The van der Waals surface area contributed by atoms with Crippen molar-refractivity contribution in [3.63, 3.8) is 0 Å². The topological polar surface area (TPSA) is 47.4 Å². The summed E-state index contributed by atoms with van der Waals surface area (Å²) in [5.74, 6) is 1.13. The molecule has 1 amide bonds. The van der Waals surface area contributed by atoms with E-state index in [4.69, 9.17) is 21.4 Å². The minimum atomic E-state index is -0.367. The highest BCUT2D eigenvalue weighted by molar-refractivity contribution is 6.30. The monoisotopic (exact) mass is 489 g/mol. The molecular weight excluding hydrogens is 465 g/mol. The molecule has 178 valence electrons. The lowest BCUT2D eigenvalue weighted by molar-refractivity contribution is 0.0733. The zero-order valence-electron chi connectivity index (χ0n) is 19.3. The number of carbonyl (C=O) groups excluding carboxylic acids is 1. The van der Waals surface area contributed by atoms with Crippen molar-refractivity contribution >= 4 is 17.5 Å². The summed E-state index contributed by atoms with van der Waals surface area (Å²) in [5, 5.41) is 5.38. The van der Waals surface area contributed by atoms with Crippen LogP contribution in [0.4, 0.5) is 4.39 Å². The number of amides is 1. The molecule has 0 N–H and O–H groups in total. The second-order valence-corrected chi connectivity index (χ2v) is 9.24. The Morgan fingerprint density at radius 2 is 1.74 bits per heavy atom. The molecule has 5 rings (SSSR count). The first kappa shape index (κ1) is 23.1. The number of rotatable bonds is 8. The fourth-order valence-electron chi connectivity index (χ4n) is 3.98. The fourth-order valence-corrected chi connectivity index (χ4v) is 4.11. The molecule has 0 atom stereocenters. The largest absolute Gasteiger partial charge is 0.439 e. The van der Waals surface area contributed by atoms with Gasteiger partial charge in [-0.2, -0.15) is 5.10 Å². The lowest BCUT2D eigenvalue weighted by Gasteiger charge is -2.23. The van der Waals surface area contributed by atoms with Crippen molar-refractivity contribution in [3.05, 3.63) is 107 Å². The predicted molar refractivity (Wildman–Crippen MR) is 134 cm³/mol. The minimum Gasteiger partial charge on any atom is -0.439 e. The van der Waals surface area contributed by atoms with Gasteiger partial charge in [-0.25, -0.2) is 9.07 Å². The maximum Gasteiger partial charge on any atom is 0.254 e. The van der Waals surface area contributed by atoms with Crippen LogP contribution in [-0.2, 0) is 6.54 Å². The molecule has 1 heterocycles. The summed E-state index contributed by atoms with van der Waals surface area (Å²) in [7, 11) is 0. The van der Waals surface area contributed by atoms with Crippen LogP contribution in [0.1, 0.15) is 34.5 Å². The molecule has 1 aliphatic carbocycles. The number of halogens is 2. The Labute approximate surface area is 208 Å². The molecule has 1 saturated carbocycles. The number of nitrogens with zero attached hydrogens (tertiary/aromatic N) is 3. The lowest BCUT2D eigenvalue weighted by Crippen LogP contribution is -2.32. The molecule has 1 fully saturated rings. The van der Waals surface area contributed by atoms with E-state index in [-0.39, 0.29) is 11.7 Å². The van der Waals surface area contributed by atoms with E-state index in [1.54, 1.807) is 28.9 Å². The Morgan fingerprint density at radius 1 is 1.06 bits per heavy atom. The third-order valence-electron chi connectivity index (χ3n) is 6.07. The van der Waals surface area contributed by atoms with Gasteiger partial charge in [-0.15, -0.1) is 0 Å². The highest BCUT2D eigenvalue weighted by Crippen LogP contribution is 2.35. The van der Waals surface area contributed by atoms with Crippen molar-refractivity contribution in [1.82, 2.24) is 14.7 Å². The predicted octanol–water partition coefficient (Wildman–Crippen LogP) is 6.82. The summed E-state index contributed by atoms with van der Waals surface area (Å²) < 4.78 is 21.6. The molecule has 4 aromatic rings. The van der Waals surface area contributed by atoms with Crippen LogP contribution in [0.3, 0.4) is 0 Å². The normalized spacial score (nSPS) is 13.0. The first-order chi connectivity index (χ1) is 17.0. The molecule has 0 spiro atoms. The Morgan fingerprint density at radius 3 is 2.40 bits per heavy atom. The maximum absolute atomic E-state index is 13.5. The van der Waals surface area contributed by atoms with Crippen molar-refractivity contribution in [2.24, 2.45) is 5.92 Å². The molecule has 0 saturated heterocycles. The van der Waals surface area contributed by atoms with E-state index < -0.39 is 0 Å². The molecule has 3 aromatic carbocycles. The second-order valence-electron chi connectivity index (χ2n) is 8.81. The van der Waals surface area contributed by atoms with Crippen molar-refractivity contribution in [1.29, 1.82) is 0 Å². The van der Waals surface area contributed by atoms with Crippen LogP contribution >= 0.6 is 11.6 Å². The third kappa shape index (κ3) is 5.38. The van der Waals surface area contributed by atoms with E-state index in [0.717, 1.165) is 29.8 Å². The van der Waals surface area contributed by atoms with Gasteiger partial charge in [0, 0.05) is 17.1 Å². The molecule has 7 heteroatoms. The molecule has 1 aromatic heterocycles. The van der Waals surface area contributed by atoms with Crippen molar-refractivity contribution < 1.29 is 13.9 Å². The Balaban J connectivity index is 1.53. The third-order valence-corrected chi connectivity index (χ3v) is 6.32. The summed E-state index contributed by atoms with van der Waals surface area (Å²) in [6.45, 7) is 2.88. The van der Waals surface area contributed by atoms with Gasteiger partial charge in [0.05, 0.1) is 23.5 Å². The molecule has 1 aliphatic rings. The van der Waals surface area contributed by atoms with Crippen molar-refractivity contribution in [3.8, 4) is 17.3 Å². The van der Waals surface area contributed by atoms with Gasteiger partial charge in [-0.1, -0.05) is 29.8 Å². The molecule has 0 bridgehead atoms. The van der Waals surface area contributed by atoms with E-state index in [0.29, 0.717) is 41.2 Å². The molecule has 0 radical (unpaired) electrons. The van der Waals surface area contributed by atoms with Crippen LogP contribution in [0.25, 0.3) is 5.69 Å². The fraction of sp³-hybridized carbons (Fsp3) is 0.214. The SMILES string of the molecule is Cc1nn(-c2ccccc2)c(Oc2ccc(Cl)cc2)c1CN(CC1CC1)C(=O)c1ccc(F)cc1. The quantitative estimate of drug-likeness (QED) is 0.273. The molecule has 0 unspecified atom stereocenters. The number of aryl methyl sites for hydroxylation is 1. The Kier molecular flexibility index (Phi) is 6.55. The average Bonchev–Trinajstić information content (AvgIpc) is 3.64. The minimum absolute atomic E-state index is 0.138. The number of ether oxygens (including phenoxy) is 1. The number of benzene rings is 3. The van der Waals surface area contributed by atoms with Crippen molar-refractivity contribution in [2.75, 3.05) is 6.54 Å². The lowest BCUT2D eigenvalue weighted by atomic mass is 10.1. The van der Waals surface area contributed by atoms with Crippen LogP contribution < -0.4 is 4.74 Å². The number of aromatic nitrogens is 2. The average molecular weight is 490 g/mol. The first-order valence-corrected chi connectivity index (χ1v) is 12.0. The zero-order chi connectivity index (χ0) is 24.4. The number of para-hydroxylation sites is 1. The summed E-state index contributed by atoms with van der Waals surface area (Å²) in [6, 6.07) is 22.6. The molecule has 0 aliphatic heterocycles. The van der Waals surface area contributed by atoms with E-state index in [1.165, 1.54) is 24.3 Å². The number of carbonyl (C=O) groups is 1. The van der Waals surface area contributed by atoms with Crippen LogP contribution in [0, 0.1) is 18.7 Å². The van der Waals surface area contributed by atoms with Gasteiger partial charge in [0.25, 0.3) is 5.91 Å². The van der Waals surface area contributed by atoms with Crippen LogP contribution in [0.15, 0.2) is 78.9 Å². The second kappa shape index (κ2) is 9.92. The summed E-state index contributed by atoms with van der Waals surface area (Å²) in [4.78, 5) is 15.3. The van der Waals surface area contributed by atoms with Gasteiger partial charge in [0.1, 0.15) is 11.6 Å². The van der Waals surface area contributed by atoms with Crippen LogP contribution in [0.5, 0.6) is 11.6 Å². The van der Waals surface area contributed by atoms with E-state index in [2.05, 4.69) is 0 Å². The summed E-state index contributed by atoms with van der Waals surface area (Å²) in [6.07, 6.45) is 2.20. The zero-order valence-corrected chi connectivity index (χ0v) is 20.1. The summed E-state index contributed by atoms with van der Waals surface area (Å²) in [5.41, 5.74) is 2.90. The highest BCUT2D eigenvalue weighted by atomic mass is 35.5. The van der Waals surface area contributed by atoms with E-state index in [1.807, 2.05) is 42.2 Å². The Bertz CT molecular complexity index is 1320. The van der Waals surface area contributed by atoms with Gasteiger partial charge < -0.3 is 9.64 Å². The number of hydrogen-bond acceptors (Lipinski definition) is 3. The molecule has 5 nitrogen and oxygen atoms in total.